The van der Waals surface area contributed by atoms with E-state index in [4.69, 9.17) is 0 Å². The Bertz CT molecular complexity index is 424. The molecular formula is C13H14BrNO. The van der Waals surface area contributed by atoms with Crippen molar-refractivity contribution >= 4 is 27.9 Å². The second-order valence-corrected chi connectivity index (χ2v) is 4.25. The number of hydrogen-bond acceptors (Lipinski definition) is 1. The Balaban J connectivity index is 2.68. The summed E-state index contributed by atoms with van der Waals surface area (Å²) >= 11 is 3.45. The predicted octanol–water partition coefficient (Wildman–Crippen LogP) is 3.07. The monoisotopic (exact) mass is 279 g/mol. The van der Waals surface area contributed by atoms with Crippen molar-refractivity contribution in [2.75, 3.05) is 6.54 Å². The van der Waals surface area contributed by atoms with Crippen LogP contribution < -0.4 is 5.32 Å². The van der Waals surface area contributed by atoms with Gasteiger partial charge in [-0.15, -0.1) is 6.58 Å². The average Bonchev–Trinajstić information content (AvgIpc) is 2.25. The average molecular weight is 280 g/mol. The summed E-state index contributed by atoms with van der Waals surface area (Å²) < 4.78 is 0.986. The SMILES string of the molecule is C=CCNC(=O)C=Cc1ccc(C)cc1Br. The van der Waals surface area contributed by atoms with Crippen LogP contribution in [0, 0.1) is 6.92 Å². The molecule has 84 valence electrons. The third-order valence-corrected chi connectivity index (χ3v) is 2.68. The summed E-state index contributed by atoms with van der Waals surface area (Å²) in [4.78, 5) is 11.3. The van der Waals surface area contributed by atoms with Gasteiger partial charge in [-0.2, -0.15) is 0 Å². The van der Waals surface area contributed by atoms with Crippen molar-refractivity contribution in [2.24, 2.45) is 0 Å². The minimum Gasteiger partial charge on any atom is -0.349 e. The standard InChI is InChI=1S/C13H14BrNO/c1-3-8-15-13(16)7-6-11-5-4-10(2)9-12(11)14/h3-7,9H,1,8H2,2H3,(H,15,16). The molecule has 0 aliphatic rings. The van der Waals surface area contributed by atoms with E-state index in [1.54, 1.807) is 12.2 Å². The summed E-state index contributed by atoms with van der Waals surface area (Å²) in [6.45, 7) is 6.04. The zero-order valence-corrected chi connectivity index (χ0v) is 10.8. The molecule has 1 aromatic carbocycles. The molecule has 0 fully saturated rings. The topological polar surface area (TPSA) is 29.1 Å². The largest absolute Gasteiger partial charge is 0.349 e. The van der Waals surface area contributed by atoms with Crippen LogP contribution in [0.2, 0.25) is 0 Å². The molecule has 1 aromatic rings. The van der Waals surface area contributed by atoms with Crippen LogP contribution in [0.3, 0.4) is 0 Å². The highest BCUT2D eigenvalue weighted by Gasteiger charge is 1.97. The van der Waals surface area contributed by atoms with Gasteiger partial charge in [-0.05, 0) is 30.2 Å². The van der Waals surface area contributed by atoms with Gasteiger partial charge in [0.2, 0.25) is 5.91 Å². The highest BCUT2D eigenvalue weighted by molar-refractivity contribution is 9.10. The number of nitrogens with one attached hydrogen (secondary N) is 1. The first-order valence-electron chi connectivity index (χ1n) is 4.96. The summed E-state index contributed by atoms with van der Waals surface area (Å²) in [5, 5.41) is 2.67. The Hall–Kier alpha value is -1.35. The van der Waals surface area contributed by atoms with Crippen LogP contribution in [-0.4, -0.2) is 12.5 Å². The number of hydrogen-bond donors (Lipinski definition) is 1. The summed E-state index contributed by atoms with van der Waals surface area (Å²) in [5.74, 6) is -0.118. The summed E-state index contributed by atoms with van der Waals surface area (Å²) in [6.07, 6.45) is 4.94. The number of benzene rings is 1. The lowest BCUT2D eigenvalue weighted by Crippen LogP contribution is -2.20. The second kappa shape index (κ2) is 6.28. The first-order valence-corrected chi connectivity index (χ1v) is 5.75. The zero-order valence-electron chi connectivity index (χ0n) is 9.16. The Morgan fingerprint density at radius 1 is 1.56 bits per heavy atom. The molecule has 0 spiro atoms. The first kappa shape index (κ1) is 12.7. The van der Waals surface area contributed by atoms with Gasteiger partial charge in [0.25, 0.3) is 0 Å². The fraction of sp³-hybridized carbons (Fsp3) is 0.154. The van der Waals surface area contributed by atoms with Crippen LogP contribution in [0.25, 0.3) is 6.08 Å². The lowest BCUT2D eigenvalue weighted by Gasteiger charge is -2.00. The van der Waals surface area contributed by atoms with Gasteiger partial charge in [0.15, 0.2) is 0 Å². The maximum atomic E-state index is 11.3. The van der Waals surface area contributed by atoms with E-state index in [9.17, 15) is 4.79 Å². The van der Waals surface area contributed by atoms with Gasteiger partial charge in [0, 0.05) is 17.1 Å². The fourth-order valence-electron chi connectivity index (χ4n) is 1.16. The molecule has 1 amide bonds. The molecule has 0 aliphatic heterocycles. The number of carbonyl (C=O) groups is 1. The molecule has 0 radical (unpaired) electrons. The Morgan fingerprint density at radius 2 is 2.31 bits per heavy atom. The molecule has 0 aromatic heterocycles. The Labute approximate surface area is 104 Å². The first-order chi connectivity index (χ1) is 7.63. The van der Waals surface area contributed by atoms with Gasteiger partial charge in [-0.3, -0.25) is 4.79 Å². The Morgan fingerprint density at radius 3 is 2.94 bits per heavy atom. The lowest BCUT2D eigenvalue weighted by molar-refractivity contribution is -0.116. The highest BCUT2D eigenvalue weighted by Crippen LogP contribution is 2.19. The van der Waals surface area contributed by atoms with Gasteiger partial charge < -0.3 is 5.32 Å². The smallest absolute Gasteiger partial charge is 0.244 e. The third-order valence-electron chi connectivity index (χ3n) is 1.99. The van der Waals surface area contributed by atoms with Crippen molar-refractivity contribution in [3.8, 4) is 0 Å². The molecule has 3 heteroatoms. The molecule has 0 unspecified atom stereocenters. The van der Waals surface area contributed by atoms with E-state index in [1.807, 2.05) is 25.1 Å². The van der Waals surface area contributed by atoms with Crippen molar-refractivity contribution in [1.29, 1.82) is 0 Å². The Kier molecular flexibility index (Phi) is 4.99. The minimum atomic E-state index is -0.118. The molecule has 0 aliphatic carbocycles. The van der Waals surface area contributed by atoms with Gasteiger partial charge in [-0.1, -0.05) is 34.1 Å². The maximum Gasteiger partial charge on any atom is 0.244 e. The molecule has 0 saturated heterocycles. The second-order valence-electron chi connectivity index (χ2n) is 3.39. The molecule has 0 bridgehead atoms. The molecular weight excluding hydrogens is 266 g/mol. The molecule has 0 atom stereocenters. The van der Waals surface area contributed by atoms with E-state index in [-0.39, 0.29) is 5.91 Å². The van der Waals surface area contributed by atoms with Crippen molar-refractivity contribution < 1.29 is 4.79 Å². The van der Waals surface area contributed by atoms with Crippen LogP contribution >= 0.6 is 15.9 Å². The van der Waals surface area contributed by atoms with E-state index in [1.165, 1.54) is 11.6 Å². The molecule has 1 N–H and O–H groups in total. The zero-order chi connectivity index (χ0) is 12.0. The van der Waals surface area contributed by atoms with E-state index in [0.717, 1.165) is 10.0 Å². The van der Waals surface area contributed by atoms with Crippen molar-refractivity contribution in [3.63, 3.8) is 0 Å². The van der Waals surface area contributed by atoms with Crippen LogP contribution in [-0.2, 0) is 4.79 Å². The summed E-state index contributed by atoms with van der Waals surface area (Å²) in [7, 11) is 0. The molecule has 0 saturated carbocycles. The normalized spacial score (nSPS) is 10.4. The van der Waals surface area contributed by atoms with E-state index >= 15 is 0 Å². The number of halogens is 1. The summed E-state index contributed by atoms with van der Waals surface area (Å²) in [5.41, 5.74) is 2.17. The summed E-state index contributed by atoms with van der Waals surface area (Å²) in [6, 6.07) is 5.99. The molecule has 2 nitrogen and oxygen atoms in total. The predicted molar refractivity (Wildman–Crippen MR) is 71.1 cm³/mol. The van der Waals surface area contributed by atoms with Gasteiger partial charge in [0.1, 0.15) is 0 Å². The number of rotatable bonds is 4. The number of aryl methyl sites for hydroxylation is 1. The van der Waals surface area contributed by atoms with Gasteiger partial charge in [-0.25, -0.2) is 0 Å². The van der Waals surface area contributed by atoms with Crippen molar-refractivity contribution in [2.45, 2.75) is 6.92 Å². The maximum absolute atomic E-state index is 11.3. The molecule has 0 heterocycles. The van der Waals surface area contributed by atoms with Gasteiger partial charge >= 0.3 is 0 Å². The quantitative estimate of drug-likeness (QED) is 0.666. The van der Waals surface area contributed by atoms with Crippen LogP contribution in [0.1, 0.15) is 11.1 Å². The lowest BCUT2D eigenvalue weighted by atomic mass is 10.1. The van der Waals surface area contributed by atoms with Crippen molar-refractivity contribution in [3.05, 3.63) is 52.5 Å². The third kappa shape index (κ3) is 4.03. The molecule has 16 heavy (non-hydrogen) atoms. The highest BCUT2D eigenvalue weighted by atomic mass is 79.9. The number of amides is 1. The van der Waals surface area contributed by atoms with Crippen LogP contribution in [0.15, 0.2) is 41.4 Å². The number of carbonyl (C=O) groups excluding carboxylic acids is 1. The van der Waals surface area contributed by atoms with E-state index < -0.39 is 0 Å². The van der Waals surface area contributed by atoms with Crippen molar-refractivity contribution in [1.82, 2.24) is 5.32 Å². The van der Waals surface area contributed by atoms with Gasteiger partial charge in [0.05, 0.1) is 0 Å². The molecule has 1 rings (SSSR count). The minimum absolute atomic E-state index is 0.118. The van der Waals surface area contributed by atoms with E-state index in [2.05, 4.69) is 27.8 Å². The van der Waals surface area contributed by atoms with Crippen LogP contribution in [0.4, 0.5) is 0 Å². The van der Waals surface area contributed by atoms with E-state index in [0.29, 0.717) is 6.54 Å². The fourth-order valence-corrected chi connectivity index (χ4v) is 1.79. The van der Waals surface area contributed by atoms with Crippen LogP contribution in [0.5, 0.6) is 0 Å².